The lowest BCUT2D eigenvalue weighted by Gasteiger charge is -2.49. The Labute approximate surface area is 76.4 Å². The highest BCUT2D eigenvalue weighted by atomic mass is 19.3. The second-order valence-corrected chi connectivity index (χ2v) is 4.28. The van der Waals surface area contributed by atoms with Crippen LogP contribution in [0.2, 0.25) is 0 Å². The van der Waals surface area contributed by atoms with Crippen molar-refractivity contribution < 1.29 is 13.5 Å². The molecule has 1 unspecified atom stereocenters. The maximum absolute atomic E-state index is 12.8. The highest BCUT2D eigenvalue weighted by Crippen LogP contribution is 2.55. The van der Waals surface area contributed by atoms with Crippen LogP contribution in [0.3, 0.4) is 0 Å². The Morgan fingerprint density at radius 2 is 2.08 bits per heavy atom. The van der Waals surface area contributed by atoms with Gasteiger partial charge in [0.15, 0.2) is 0 Å². The number of alkyl halides is 2. The van der Waals surface area contributed by atoms with E-state index in [4.69, 9.17) is 10.5 Å². The Morgan fingerprint density at radius 1 is 1.38 bits per heavy atom. The van der Waals surface area contributed by atoms with E-state index in [0.29, 0.717) is 13.2 Å². The molecule has 2 N–H and O–H groups in total. The predicted molar refractivity (Wildman–Crippen MR) is 44.6 cm³/mol. The molecule has 0 radical (unpaired) electrons. The van der Waals surface area contributed by atoms with Crippen LogP contribution in [0, 0.1) is 5.41 Å². The monoisotopic (exact) mass is 191 g/mol. The Bertz CT molecular complexity index is 194. The fourth-order valence-corrected chi connectivity index (χ4v) is 2.54. The van der Waals surface area contributed by atoms with E-state index < -0.39 is 11.3 Å². The van der Waals surface area contributed by atoms with Gasteiger partial charge in [0.2, 0.25) is 5.92 Å². The van der Waals surface area contributed by atoms with Crippen molar-refractivity contribution in [1.82, 2.24) is 0 Å². The van der Waals surface area contributed by atoms with Crippen molar-refractivity contribution in [3.63, 3.8) is 0 Å². The average molecular weight is 191 g/mol. The van der Waals surface area contributed by atoms with Crippen LogP contribution >= 0.6 is 0 Å². The van der Waals surface area contributed by atoms with E-state index in [2.05, 4.69) is 0 Å². The van der Waals surface area contributed by atoms with Crippen LogP contribution in [0.25, 0.3) is 0 Å². The Hall–Kier alpha value is -0.220. The average Bonchev–Trinajstić information content (AvgIpc) is 2.51. The second-order valence-electron chi connectivity index (χ2n) is 4.28. The maximum Gasteiger partial charge on any atom is 0.249 e. The number of hydrogen-bond donors (Lipinski definition) is 1. The molecule has 1 atom stereocenters. The first-order valence-electron chi connectivity index (χ1n) is 4.78. The molecule has 76 valence electrons. The lowest BCUT2D eigenvalue weighted by atomic mass is 9.62. The van der Waals surface area contributed by atoms with Gasteiger partial charge in [0, 0.05) is 31.4 Å². The Morgan fingerprint density at radius 3 is 2.46 bits per heavy atom. The molecule has 0 aromatic rings. The van der Waals surface area contributed by atoms with Gasteiger partial charge < -0.3 is 10.5 Å². The first-order chi connectivity index (χ1) is 6.08. The van der Waals surface area contributed by atoms with Crippen LogP contribution in [-0.2, 0) is 4.74 Å². The topological polar surface area (TPSA) is 35.2 Å². The van der Waals surface area contributed by atoms with E-state index in [-0.39, 0.29) is 18.9 Å². The third kappa shape index (κ3) is 1.46. The molecule has 1 heterocycles. The summed E-state index contributed by atoms with van der Waals surface area (Å²) in [5.74, 6) is -2.49. The fourth-order valence-electron chi connectivity index (χ4n) is 2.54. The molecule has 0 amide bonds. The van der Waals surface area contributed by atoms with Crippen LogP contribution in [-0.4, -0.2) is 25.2 Å². The normalized spacial score (nSPS) is 35.8. The number of rotatable bonds is 2. The standard InChI is InChI=1S/C9H15F2NO/c10-9(11)4-8(5-9,6-12)7-2-1-3-13-7/h7H,1-6,12H2. The van der Waals surface area contributed by atoms with Gasteiger partial charge in [-0.05, 0) is 12.8 Å². The molecule has 1 saturated carbocycles. The smallest absolute Gasteiger partial charge is 0.249 e. The van der Waals surface area contributed by atoms with Gasteiger partial charge in [-0.3, -0.25) is 0 Å². The van der Waals surface area contributed by atoms with E-state index in [0.717, 1.165) is 12.8 Å². The zero-order valence-corrected chi connectivity index (χ0v) is 7.56. The minimum absolute atomic E-state index is 0.0166. The van der Waals surface area contributed by atoms with Crippen LogP contribution < -0.4 is 5.73 Å². The highest BCUT2D eigenvalue weighted by Gasteiger charge is 2.60. The minimum Gasteiger partial charge on any atom is -0.378 e. The molecule has 2 aliphatic rings. The molecule has 4 heteroatoms. The number of halogens is 2. The van der Waals surface area contributed by atoms with Gasteiger partial charge in [0.05, 0.1) is 6.10 Å². The molecular formula is C9H15F2NO. The zero-order valence-electron chi connectivity index (χ0n) is 7.56. The van der Waals surface area contributed by atoms with E-state index in [1.807, 2.05) is 0 Å². The highest BCUT2D eigenvalue weighted by molar-refractivity contribution is 5.04. The van der Waals surface area contributed by atoms with E-state index >= 15 is 0 Å². The summed E-state index contributed by atoms with van der Waals surface area (Å²) in [4.78, 5) is 0. The first-order valence-corrected chi connectivity index (χ1v) is 4.78. The molecule has 0 aromatic carbocycles. The van der Waals surface area contributed by atoms with Crippen molar-refractivity contribution in [2.75, 3.05) is 13.2 Å². The predicted octanol–water partition coefficient (Wildman–Crippen LogP) is 1.54. The molecular weight excluding hydrogens is 176 g/mol. The van der Waals surface area contributed by atoms with Crippen molar-refractivity contribution in [1.29, 1.82) is 0 Å². The summed E-state index contributed by atoms with van der Waals surface area (Å²) < 4.78 is 31.0. The summed E-state index contributed by atoms with van der Waals surface area (Å²) >= 11 is 0. The molecule has 0 aromatic heterocycles. The Kier molecular flexibility index (Phi) is 2.07. The molecule has 1 aliphatic heterocycles. The molecule has 13 heavy (non-hydrogen) atoms. The largest absolute Gasteiger partial charge is 0.378 e. The zero-order chi connectivity index (χ0) is 9.53. The third-order valence-corrected chi connectivity index (χ3v) is 3.24. The molecule has 2 nitrogen and oxygen atoms in total. The van der Waals surface area contributed by atoms with Gasteiger partial charge >= 0.3 is 0 Å². The second kappa shape index (κ2) is 2.89. The van der Waals surface area contributed by atoms with Crippen molar-refractivity contribution in [3.05, 3.63) is 0 Å². The summed E-state index contributed by atoms with van der Waals surface area (Å²) in [6, 6.07) is 0. The summed E-state index contributed by atoms with van der Waals surface area (Å²) in [5.41, 5.74) is 5.14. The van der Waals surface area contributed by atoms with Crippen LogP contribution in [0.15, 0.2) is 0 Å². The first kappa shape index (κ1) is 9.34. The fraction of sp³-hybridized carbons (Fsp3) is 1.00. The van der Waals surface area contributed by atoms with Gasteiger partial charge in [-0.25, -0.2) is 8.78 Å². The van der Waals surface area contributed by atoms with Crippen LogP contribution in [0.5, 0.6) is 0 Å². The van der Waals surface area contributed by atoms with E-state index in [1.165, 1.54) is 0 Å². The van der Waals surface area contributed by atoms with Crippen LogP contribution in [0.4, 0.5) is 8.78 Å². The molecule has 2 fully saturated rings. The van der Waals surface area contributed by atoms with E-state index in [1.54, 1.807) is 0 Å². The van der Waals surface area contributed by atoms with Crippen molar-refractivity contribution >= 4 is 0 Å². The molecule has 1 aliphatic carbocycles. The number of nitrogens with two attached hydrogens (primary N) is 1. The van der Waals surface area contributed by atoms with Gasteiger partial charge in [0.25, 0.3) is 0 Å². The van der Waals surface area contributed by atoms with Crippen molar-refractivity contribution in [2.45, 2.75) is 37.7 Å². The summed E-state index contributed by atoms with van der Waals surface area (Å²) in [6.07, 6.45) is 1.70. The molecule has 0 bridgehead atoms. The molecule has 0 spiro atoms. The van der Waals surface area contributed by atoms with Crippen LogP contribution in [0.1, 0.15) is 25.7 Å². The van der Waals surface area contributed by atoms with Crippen molar-refractivity contribution in [3.8, 4) is 0 Å². The van der Waals surface area contributed by atoms with E-state index in [9.17, 15) is 8.78 Å². The van der Waals surface area contributed by atoms with Gasteiger partial charge in [-0.2, -0.15) is 0 Å². The number of hydrogen-bond acceptors (Lipinski definition) is 2. The maximum atomic E-state index is 12.8. The third-order valence-electron chi connectivity index (χ3n) is 3.24. The quantitative estimate of drug-likeness (QED) is 0.718. The minimum atomic E-state index is -2.49. The molecule has 2 rings (SSSR count). The molecule has 1 saturated heterocycles. The summed E-state index contributed by atoms with van der Waals surface area (Å²) in [5, 5.41) is 0. The van der Waals surface area contributed by atoms with Gasteiger partial charge in [0.1, 0.15) is 0 Å². The SMILES string of the molecule is NCC1(C2CCCO2)CC(F)(F)C1. The number of ether oxygens (including phenoxy) is 1. The Balaban J connectivity index is 2.01. The summed E-state index contributed by atoms with van der Waals surface area (Å²) in [7, 11) is 0. The van der Waals surface area contributed by atoms with Gasteiger partial charge in [-0.15, -0.1) is 0 Å². The lowest BCUT2D eigenvalue weighted by Crippen LogP contribution is -2.56. The summed E-state index contributed by atoms with van der Waals surface area (Å²) in [6.45, 7) is 1.03. The van der Waals surface area contributed by atoms with Gasteiger partial charge in [-0.1, -0.05) is 0 Å². The van der Waals surface area contributed by atoms with Crippen molar-refractivity contribution in [2.24, 2.45) is 11.1 Å². The lowest BCUT2D eigenvalue weighted by molar-refractivity contribution is -0.197.